The Morgan fingerprint density at radius 2 is 2.38 bits per heavy atom. The molecule has 0 radical (unpaired) electrons. The van der Waals surface area contributed by atoms with Crippen LogP contribution < -0.4 is 0 Å². The fourth-order valence-electron chi connectivity index (χ4n) is 1.84. The lowest BCUT2D eigenvalue weighted by molar-refractivity contribution is -0.197. The minimum absolute atomic E-state index is 0.0419. The van der Waals surface area contributed by atoms with Crippen molar-refractivity contribution in [1.29, 1.82) is 0 Å². The van der Waals surface area contributed by atoms with Crippen molar-refractivity contribution in [1.82, 2.24) is 0 Å². The van der Waals surface area contributed by atoms with Gasteiger partial charge in [-0.3, -0.25) is 0 Å². The minimum Gasteiger partial charge on any atom is -0.382 e. The van der Waals surface area contributed by atoms with Crippen LogP contribution in [0.5, 0.6) is 0 Å². The summed E-state index contributed by atoms with van der Waals surface area (Å²) in [5.74, 6) is 2.64. The molecule has 0 aromatic heterocycles. The van der Waals surface area contributed by atoms with Crippen LogP contribution >= 0.6 is 0 Å². The van der Waals surface area contributed by atoms with E-state index in [-0.39, 0.29) is 12.4 Å². The van der Waals surface area contributed by atoms with Crippen molar-refractivity contribution >= 4 is 0 Å². The molecule has 0 saturated carbocycles. The number of terminal acetylenes is 1. The first-order chi connectivity index (χ1) is 7.86. The second-order valence-electron chi connectivity index (χ2n) is 4.11. The highest BCUT2D eigenvalue weighted by Crippen LogP contribution is 2.17. The molecule has 1 heterocycles. The zero-order chi connectivity index (χ0) is 11.6. The monoisotopic (exact) mass is 226 g/mol. The third-order valence-electron chi connectivity index (χ3n) is 2.68. The molecule has 1 rings (SSSR count). The van der Waals surface area contributed by atoms with Gasteiger partial charge in [-0.05, 0) is 32.1 Å². The molecule has 0 spiro atoms. The fraction of sp³-hybridized carbons (Fsp3) is 0.846. The van der Waals surface area contributed by atoms with Gasteiger partial charge in [-0.1, -0.05) is 0 Å². The van der Waals surface area contributed by atoms with Gasteiger partial charge in [-0.15, -0.1) is 12.3 Å². The molecule has 3 heteroatoms. The lowest BCUT2D eigenvalue weighted by Crippen LogP contribution is -2.30. The Morgan fingerprint density at radius 3 is 3.00 bits per heavy atom. The van der Waals surface area contributed by atoms with E-state index in [1.54, 1.807) is 7.11 Å². The maximum atomic E-state index is 5.86. The van der Waals surface area contributed by atoms with E-state index in [1.807, 2.05) is 0 Å². The number of methoxy groups -OCH3 is 1. The van der Waals surface area contributed by atoms with E-state index in [0.717, 1.165) is 38.7 Å². The van der Waals surface area contributed by atoms with Crippen LogP contribution in [0.4, 0.5) is 0 Å². The number of unbranched alkanes of at least 4 members (excludes halogenated alkanes) is 1. The van der Waals surface area contributed by atoms with E-state index in [9.17, 15) is 0 Å². The summed E-state index contributed by atoms with van der Waals surface area (Å²) >= 11 is 0. The molecule has 3 nitrogen and oxygen atoms in total. The smallest absolute Gasteiger partial charge is 0.158 e. The molecule has 0 amide bonds. The molecule has 2 atom stereocenters. The van der Waals surface area contributed by atoms with E-state index < -0.39 is 0 Å². The predicted octanol–water partition coefficient (Wildman–Crippen LogP) is 2.35. The van der Waals surface area contributed by atoms with Crippen LogP contribution in [0, 0.1) is 12.3 Å². The summed E-state index contributed by atoms with van der Waals surface area (Å²) in [6, 6.07) is 0. The normalized spacial score (nSPS) is 22.6. The molecule has 1 saturated heterocycles. The maximum Gasteiger partial charge on any atom is 0.158 e. The molecule has 0 aromatic rings. The highest BCUT2D eigenvalue weighted by atomic mass is 16.7. The molecule has 0 aliphatic carbocycles. The van der Waals surface area contributed by atoms with Crippen molar-refractivity contribution in [3.8, 4) is 12.3 Å². The SMILES string of the molecule is C#CCCC[C@@H](COC)OC1CCCCO1. The van der Waals surface area contributed by atoms with Gasteiger partial charge in [0, 0.05) is 20.1 Å². The van der Waals surface area contributed by atoms with Crippen LogP contribution in [0.15, 0.2) is 0 Å². The largest absolute Gasteiger partial charge is 0.382 e. The Bertz CT molecular complexity index is 204. The molecule has 1 fully saturated rings. The lowest BCUT2D eigenvalue weighted by atomic mass is 10.1. The zero-order valence-electron chi connectivity index (χ0n) is 10.1. The zero-order valence-corrected chi connectivity index (χ0v) is 10.1. The van der Waals surface area contributed by atoms with Crippen LogP contribution in [-0.4, -0.2) is 32.7 Å². The second-order valence-corrected chi connectivity index (χ2v) is 4.11. The maximum absolute atomic E-state index is 5.86. The molecule has 0 N–H and O–H groups in total. The molecule has 16 heavy (non-hydrogen) atoms. The Kier molecular flexibility index (Phi) is 7.24. The highest BCUT2D eigenvalue weighted by molar-refractivity contribution is 4.83. The van der Waals surface area contributed by atoms with E-state index in [0.29, 0.717) is 6.61 Å². The molecular weight excluding hydrogens is 204 g/mol. The third-order valence-corrected chi connectivity index (χ3v) is 2.68. The number of ether oxygens (including phenoxy) is 3. The van der Waals surface area contributed by atoms with Crippen LogP contribution in [0.25, 0.3) is 0 Å². The van der Waals surface area contributed by atoms with Gasteiger partial charge < -0.3 is 14.2 Å². The summed E-state index contributed by atoms with van der Waals surface area (Å²) in [5, 5.41) is 0. The van der Waals surface area contributed by atoms with Gasteiger partial charge in [0.2, 0.25) is 0 Å². The lowest BCUT2D eigenvalue weighted by Gasteiger charge is -2.27. The Balaban J connectivity index is 2.22. The summed E-state index contributed by atoms with van der Waals surface area (Å²) in [5.41, 5.74) is 0. The Hall–Kier alpha value is -0.560. The van der Waals surface area contributed by atoms with Crippen molar-refractivity contribution in [2.24, 2.45) is 0 Å². The average Bonchev–Trinajstić information content (AvgIpc) is 2.31. The quantitative estimate of drug-likeness (QED) is 0.492. The first-order valence-electron chi connectivity index (χ1n) is 6.06. The number of hydrogen-bond acceptors (Lipinski definition) is 3. The molecule has 0 aromatic carbocycles. The summed E-state index contributed by atoms with van der Waals surface area (Å²) in [6.45, 7) is 1.43. The highest BCUT2D eigenvalue weighted by Gasteiger charge is 2.19. The standard InChI is InChI=1S/C13H22O3/c1-3-4-5-8-12(11-14-2)16-13-9-6-7-10-15-13/h1,12-13H,4-11H2,2H3/t12-,13?/m0/s1. The van der Waals surface area contributed by atoms with Crippen molar-refractivity contribution in [2.75, 3.05) is 20.3 Å². The van der Waals surface area contributed by atoms with Gasteiger partial charge >= 0.3 is 0 Å². The molecule has 92 valence electrons. The molecule has 1 unspecified atom stereocenters. The molecule has 1 aliphatic rings. The van der Waals surface area contributed by atoms with Crippen LogP contribution in [0.2, 0.25) is 0 Å². The third kappa shape index (κ3) is 5.50. The first-order valence-corrected chi connectivity index (χ1v) is 6.06. The van der Waals surface area contributed by atoms with Gasteiger partial charge in [0.25, 0.3) is 0 Å². The van der Waals surface area contributed by atoms with Gasteiger partial charge in [-0.2, -0.15) is 0 Å². The molecular formula is C13H22O3. The van der Waals surface area contributed by atoms with E-state index >= 15 is 0 Å². The van der Waals surface area contributed by atoms with E-state index in [1.165, 1.54) is 6.42 Å². The van der Waals surface area contributed by atoms with Crippen LogP contribution in [-0.2, 0) is 14.2 Å². The van der Waals surface area contributed by atoms with Gasteiger partial charge in [0.05, 0.1) is 12.7 Å². The van der Waals surface area contributed by atoms with Crippen LogP contribution in [0.3, 0.4) is 0 Å². The first kappa shape index (κ1) is 13.5. The van der Waals surface area contributed by atoms with Gasteiger partial charge in [-0.25, -0.2) is 0 Å². The van der Waals surface area contributed by atoms with Crippen molar-refractivity contribution in [3.63, 3.8) is 0 Å². The van der Waals surface area contributed by atoms with Crippen molar-refractivity contribution in [2.45, 2.75) is 50.9 Å². The van der Waals surface area contributed by atoms with Crippen LogP contribution in [0.1, 0.15) is 38.5 Å². The molecule has 1 aliphatic heterocycles. The topological polar surface area (TPSA) is 27.7 Å². The van der Waals surface area contributed by atoms with Crippen molar-refractivity contribution < 1.29 is 14.2 Å². The summed E-state index contributed by atoms with van der Waals surface area (Å²) in [7, 11) is 1.69. The second kappa shape index (κ2) is 8.58. The molecule has 0 bridgehead atoms. The predicted molar refractivity (Wildman–Crippen MR) is 63.0 cm³/mol. The number of rotatable bonds is 7. The van der Waals surface area contributed by atoms with E-state index in [2.05, 4.69) is 5.92 Å². The number of hydrogen-bond donors (Lipinski definition) is 0. The van der Waals surface area contributed by atoms with Gasteiger partial charge in [0.15, 0.2) is 6.29 Å². The average molecular weight is 226 g/mol. The van der Waals surface area contributed by atoms with E-state index in [4.69, 9.17) is 20.6 Å². The Morgan fingerprint density at radius 1 is 1.50 bits per heavy atom. The van der Waals surface area contributed by atoms with Gasteiger partial charge in [0.1, 0.15) is 0 Å². The Labute approximate surface area is 98.5 Å². The van der Waals surface area contributed by atoms with Crippen molar-refractivity contribution in [3.05, 3.63) is 0 Å². The summed E-state index contributed by atoms with van der Waals surface area (Å²) in [6.07, 6.45) is 11.4. The minimum atomic E-state index is -0.0419. The fourth-order valence-corrected chi connectivity index (χ4v) is 1.84. The summed E-state index contributed by atoms with van der Waals surface area (Å²) in [4.78, 5) is 0. The summed E-state index contributed by atoms with van der Waals surface area (Å²) < 4.78 is 16.5.